The highest BCUT2D eigenvalue weighted by Crippen LogP contribution is 2.21. The summed E-state index contributed by atoms with van der Waals surface area (Å²) in [6.45, 7) is 4.53. The molecule has 1 heterocycles. The number of carbonyl (C=O) groups is 1. The van der Waals surface area contributed by atoms with Gasteiger partial charge in [-0.15, -0.1) is 0 Å². The van der Waals surface area contributed by atoms with Crippen LogP contribution in [0.25, 0.3) is 11.3 Å². The Bertz CT molecular complexity index is 837. The number of benzene rings is 2. The molecule has 0 amide bonds. The number of pyridine rings is 1. The van der Waals surface area contributed by atoms with Gasteiger partial charge in [-0.25, -0.2) is 0 Å². The lowest BCUT2D eigenvalue weighted by atomic mass is 10.0. The molecular weight excluding hydrogens is 282 g/mol. The van der Waals surface area contributed by atoms with Crippen LogP contribution >= 0.6 is 0 Å². The Morgan fingerprint density at radius 3 is 2.43 bits per heavy atom. The monoisotopic (exact) mass is 302 g/mol. The molecule has 0 unspecified atom stereocenters. The highest BCUT2D eigenvalue weighted by molar-refractivity contribution is 5.95. The standard InChI is InChI=1S/C21H20NO/c1-16-11-12-17(2)19(14-16)20-10-6-7-13-22(20)15-21(23)18-8-4-3-5-9-18/h3-14H,15H2,1-2H3/q+1. The maximum Gasteiger partial charge on any atom is 0.227 e. The zero-order valence-electron chi connectivity index (χ0n) is 13.5. The molecule has 114 valence electrons. The molecule has 0 radical (unpaired) electrons. The van der Waals surface area contributed by atoms with E-state index in [2.05, 4.69) is 38.1 Å². The molecule has 0 saturated carbocycles. The Balaban J connectivity index is 1.99. The van der Waals surface area contributed by atoms with Crippen LogP contribution in [0.15, 0.2) is 72.9 Å². The normalized spacial score (nSPS) is 10.5. The van der Waals surface area contributed by atoms with Crippen molar-refractivity contribution in [3.05, 3.63) is 89.6 Å². The van der Waals surface area contributed by atoms with E-state index in [1.165, 1.54) is 16.7 Å². The number of carbonyl (C=O) groups excluding carboxylic acids is 1. The minimum atomic E-state index is 0.119. The lowest BCUT2D eigenvalue weighted by Crippen LogP contribution is -2.39. The van der Waals surface area contributed by atoms with Crippen molar-refractivity contribution < 1.29 is 9.36 Å². The van der Waals surface area contributed by atoms with Crippen molar-refractivity contribution in [2.45, 2.75) is 20.4 Å². The molecule has 0 saturated heterocycles. The van der Waals surface area contributed by atoms with Crippen molar-refractivity contribution in [1.82, 2.24) is 0 Å². The first-order valence-corrected chi connectivity index (χ1v) is 7.79. The average Bonchev–Trinajstić information content (AvgIpc) is 2.58. The number of rotatable bonds is 4. The van der Waals surface area contributed by atoms with Crippen molar-refractivity contribution in [3.63, 3.8) is 0 Å². The second-order valence-corrected chi connectivity index (χ2v) is 5.82. The number of hydrogen-bond donors (Lipinski definition) is 0. The van der Waals surface area contributed by atoms with E-state index >= 15 is 0 Å². The Kier molecular flexibility index (Phi) is 4.33. The van der Waals surface area contributed by atoms with E-state index in [9.17, 15) is 4.79 Å². The highest BCUT2D eigenvalue weighted by Gasteiger charge is 2.18. The molecule has 3 aromatic rings. The lowest BCUT2D eigenvalue weighted by Gasteiger charge is -2.07. The maximum absolute atomic E-state index is 12.5. The van der Waals surface area contributed by atoms with Crippen LogP contribution < -0.4 is 4.57 Å². The van der Waals surface area contributed by atoms with Gasteiger partial charge in [0.25, 0.3) is 0 Å². The van der Waals surface area contributed by atoms with Gasteiger partial charge in [-0.3, -0.25) is 4.79 Å². The summed E-state index contributed by atoms with van der Waals surface area (Å²) in [6, 6.07) is 21.9. The van der Waals surface area contributed by atoms with Gasteiger partial charge in [0, 0.05) is 23.3 Å². The van der Waals surface area contributed by atoms with E-state index in [0.717, 1.165) is 11.3 Å². The van der Waals surface area contributed by atoms with Crippen molar-refractivity contribution in [2.75, 3.05) is 0 Å². The summed E-state index contributed by atoms with van der Waals surface area (Å²) in [5.74, 6) is 0.119. The number of hydrogen-bond acceptors (Lipinski definition) is 1. The molecule has 2 heteroatoms. The van der Waals surface area contributed by atoms with Crippen molar-refractivity contribution in [1.29, 1.82) is 0 Å². The summed E-state index contributed by atoms with van der Waals surface area (Å²) in [6.07, 6.45) is 1.97. The first-order chi connectivity index (χ1) is 11.1. The molecule has 1 aromatic heterocycles. The molecule has 0 spiro atoms. The van der Waals surface area contributed by atoms with Gasteiger partial charge >= 0.3 is 0 Å². The summed E-state index contributed by atoms with van der Waals surface area (Å²) in [4.78, 5) is 12.5. The summed E-state index contributed by atoms with van der Waals surface area (Å²) in [5, 5.41) is 0. The Morgan fingerprint density at radius 1 is 0.913 bits per heavy atom. The van der Waals surface area contributed by atoms with Crippen molar-refractivity contribution in [3.8, 4) is 11.3 Å². The SMILES string of the molecule is Cc1ccc(C)c(-c2cccc[n+]2CC(=O)c2ccccc2)c1. The molecule has 23 heavy (non-hydrogen) atoms. The fraction of sp³-hybridized carbons (Fsp3) is 0.143. The second kappa shape index (κ2) is 6.57. The summed E-state index contributed by atoms with van der Waals surface area (Å²) in [7, 11) is 0. The Morgan fingerprint density at radius 2 is 1.65 bits per heavy atom. The van der Waals surface area contributed by atoms with E-state index in [1.807, 2.05) is 53.2 Å². The minimum absolute atomic E-state index is 0.119. The highest BCUT2D eigenvalue weighted by atomic mass is 16.1. The lowest BCUT2D eigenvalue weighted by molar-refractivity contribution is -0.672. The predicted octanol–water partition coefficient (Wildman–Crippen LogP) is 4.14. The number of aryl methyl sites for hydroxylation is 2. The first-order valence-electron chi connectivity index (χ1n) is 7.79. The number of Topliss-reactive ketones (excluding diaryl/α,β-unsaturated/α-hetero) is 1. The van der Waals surface area contributed by atoms with Crippen LogP contribution in [0.3, 0.4) is 0 Å². The largest absolute Gasteiger partial charge is 0.287 e. The predicted molar refractivity (Wildman–Crippen MR) is 92.3 cm³/mol. The first kappa shape index (κ1) is 15.2. The van der Waals surface area contributed by atoms with Crippen LogP contribution in [0.1, 0.15) is 21.5 Å². The molecule has 0 aliphatic heterocycles. The maximum atomic E-state index is 12.5. The van der Waals surface area contributed by atoms with Gasteiger partial charge in [-0.1, -0.05) is 48.0 Å². The number of aromatic nitrogens is 1. The van der Waals surface area contributed by atoms with Gasteiger partial charge in [0.2, 0.25) is 18.0 Å². The molecule has 0 bridgehead atoms. The fourth-order valence-corrected chi connectivity index (χ4v) is 2.74. The van der Waals surface area contributed by atoms with Gasteiger partial charge < -0.3 is 0 Å². The quantitative estimate of drug-likeness (QED) is 0.524. The molecule has 2 aromatic carbocycles. The van der Waals surface area contributed by atoms with Gasteiger partial charge in [0.05, 0.1) is 0 Å². The van der Waals surface area contributed by atoms with E-state index in [0.29, 0.717) is 6.54 Å². The van der Waals surface area contributed by atoms with E-state index in [4.69, 9.17) is 0 Å². The van der Waals surface area contributed by atoms with Crippen LogP contribution in [-0.2, 0) is 6.54 Å². The smallest absolute Gasteiger partial charge is 0.227 e. The second-order valence-electron chi connectivity index (χ2n) is 5.82. The van der Waals surface area contributed by atoms with E-state index in [-0.39, 0.29) is 5.78 Å². The third kappa shape index (κ3) is 3.37. The van der Waals surface area contributed by atoms with E-state index in [1.54, 1.807) is 0 Å². The third-order valence-electron chi connectivity index (χ3n) is 4.02. The van der Waals surface area contributed by atoms with Crippen LogP contribution in [0.5, 0.6) is 0 Å². The molecule has 0 aliphatic rings. The van der Waals surface area contributed by atoms with Crippen LogP contribution in [0.4, 0.5) is 0 Å². The third-order valence-corrected chi connectivity index (χ3v) is 4.02. The summed E-state index contributed by atoms with van der Waals surface area (Å²) >= 11 is 0. The van der Waals surface area contributed by atoms with Crippen LogP contribution in [0, 0.1) is 13.8 Å². The Hall–Kier alpha value is -2.74. The summed E-state index contributed by atoms with van der Waals surface area (Å²) in [5.41, 5.74) is 5.42. The van der Waals surface area contributed by atoms with Gasteiger partial charge in [0.1, 0.15) is 0 Å². The van der Waals surface area contributed by atoms with Crippen molar-refractivity contribution in [2.24, 2.45) is 0 Å². The van der Waals surface area contributed by atoms with Crippen LogP contribution in [-0.4, -0.2) is 5.78 Å². The Labute approximate surface area is 137 Å². The number of ketones is 1. The molecule has 2 nitrogen and oxygen atoms in total. The topological polar surface area (TPSA) is 20.9 Å². The van der Waals surface area contributed by atoms with Gasteiger partial charge in [-0.05, 0) is 31.5 Å². The molecule has 0 fully saturated rings. The number of nitrogens with zero attached hydrogens (tertiary/aromatic N) is 1. The zero-order valence-corrected chi connectivity index (χ0v) is 13.5. The summed E-state index contributed by atoms with van der Waals surface area (Å²) < 4.78 is 2.02. The van der Waals surface area contributed by atoms with Crippen molar-refractivity contribution >= 4 is 5.78 Å². The van der Waals surface area contributed by atoms with Gasteiger partial charge in [-0.2, -0.15) is 4.57 Å². The zero-order chi connectivity index (χ0) is 16.2. The fourth-order valence-electron chi connectivity index (χ4n) is 2.74. The van der Waals surface area contributed by atoms with Gasteiger partial charge in [0.15, 0.2) is 6.20 Å². The van der Waals surface area contributed by atoms with Crippen LogP contribution in [0.2, 0.25) is 0 Å². The molecule has 0 atom stereocenters. The average molecular weight is 302 g/mol. The minimum Gasteiger partial charge on any atom is -0.287 e. The molecular formula is C21H20NO+. The van der Waals surface area contributed by atoms with E-state index < -0.39 is 0 Å². The molecule has 3 rings (SSSR count). The molecule has 0 aliphatic carbocycles. The molecule has 0 N–H and O–H groups in total.